The van der Waals surface area contributed by atoms with Crippen molar-refractivity contribution in [2.45, 2.75) is 19.8 Å². The van der Waals surface area contributed by atoms with E-state index in [1.807, 2.05) is 42.6 Å². The molecule has 5 aromatic heterocycles. The number of amides is 1. The van der Waals surface area contributed by atoms with Crippen molar-refractivity contribution in [3.63, 3.8) is 0 Å². The molecule has 8 nitrogen and oxygen atoms in total. The number of imidazole rings is 1. The Morgan fingerprint density at radius 2 is 2.03 bits per heavy atom. The molecule has 1 aromatic carbocycles. The number of benzene rings is 1. The second-order valence-corrected chi connectivity index (χ2v) is 9.25. The van der Waals surface area contributed by atoms with Gasteiger partial charge in [0.1, 0.15) is 11.4 Å². The third-order valence-corrected chi connectivity index (χ3v) is 6.74. The van der Waals surface area contributed by atoms with Gasteiger partial charge in [0.2, 0.25) is 5.91 Å². The molecule has 5 heterocycles. The van der Waals surface area contributed by atoms with Crippen molar-refractivity contribution < 1.29 is 9.18 Å². The lowest BCUT2D eigenvalue weighted by molar-refractivity contribution is -0.116. The van der Waals surface area contributed by atoms with Crippen LogP contribution in [-0.4, -0.2) is 36.0 Å². The lowest BCUT2D eigenvalue weighted by atomic mass is 10.1. The number of pyridine rings is 2. The topological polar surface area (TPSA) is 112 Å². The smallest absolute Gasteiger partial charge is 0.224 e. The number of halogens is 1. The van der Waals surface area contributed by atoms with Crippen molar-refractivity contribution in [2.24, 2.45) is 0 Å². The molecule has 6 rings (SSSR count). The van der Waals surface area contributed by atoms with Gasteiger partial charge in [0.15, 0.2) is 11.6 Å². The van der Waals surface area contributed by atoms with Crippen molar-refractivity contribution in [2.75, 3.05) is 5.32 Å². The first-order chi connectivity index (χ1) is 17.6. The predicted molar refractivity (Wildman–Crippen MR) is 139 cm³/mol. The number of carbonyl (C=O) groups is 1. The minimum absolute atomic E-state index is 0.111. The molecule has 0 saturated heterocycles. The first-order valence-corrected chi connectivity index (χ1v) is 12.3. The summed E-state index contributed by atoms with van der Waals surface area (Å²) in [5.41, 5.74) is 4.48. The Kier molecular flexibility index (Phi) is 5.49. The van der Waals surface area contributed by atoms with Crippen LogP contribution in [0, 0.1) is 5.82 Å². The second kappa shape index (κ2) is 8.97. The van der Waals surface area contributed by atoms with Gasteiger partial charge in [-0.1, -0.05) is 25.1 Å². The van der Waals surface area contributed by atoms with E-state index in [9.17, 15) is 4.79 Å². The molecule has 0 aliphatic heterocycles. The van der Waals surface area contributed by atoms with E-state index >= 15 is 4.39 Å². The van der Waals surface area contributed by atoms with E-state index in [4.69, 9.17) is 4.98 Å². The summed E-state index contributed by atoms with van der Waals surface area (Å²) >= 11 is 1.63. The van der Waals surface area contributed by atoms with Crippen molar-refractivity contribution in [1.82, 2.24) is 30.1 Å². The number of nitrogens with zero attached hydrogens (tertiary/aromatic N) is 4. The highest BCUT2D eigenvalue weighted by Gasteiger charge is 2.21. The number of para-hydroxylation sites is 1. The van der Waals surface area contributed by atoms with Crippen LogP contribution in [0.1, 0.15) is 19.8 Å². The highest BCUT2D eigenvalue weighted by Crippen LogP contribution is 2.35. The van der Waals surface area contributed by atoms with Crippen LogP contribution in [-0.2, 0) is 4.79 Å². The third-order valence-electron chi connectivity index (χ3n) is 5.84. The summed E-state index contributed by atoms with van der Waals surface area (Å²) in [4.78, 5) is 29.6. The molecule has 0 fully saturated rings. The number of carbonyl (C=O) groups excluding carboxylic acids is 1. The number of aromatic amines is 2. The van der Waals surface area contributed by atoms with Gasteiger partial charge in [0.05, 0.1) is 40.0 Å². The number of H-pyrrole nitrogens is 2. The summed E-state index contributed by atoms with van der Waals surface area (Å²) in [5.74, 6) is -0.215. The summed E-state index contributed by atoms with van der Waals surface area (Å²) in [6.07, 6.45) is 5.70. The van der Waals surface area contributed by atoms with Gasteiger partial charge in [-0.2, -0.15) is 5.10 Å². The molecule has 178 valence electrons. The minimum Gasteiger partial charge on any atom is -0.337 e. The molecule has 3 N–H and O–H groups in total. The van der Waals surface area contributed by atoms with E-state index in [2.05, 4.69) is 30.5 Å². The highest BCUT2D eigenvalue weighted by molar-refractivity contribution is 7.13. The van der Waals surface area contributed by atoms with E-state index < -0.39 is 5.82 Å². The maximum absolute atomic E-state index is 15.9. The number of nitrogens with one attached hydrogen (secondary N) is 3. The maximum atomic E-state index is 15.9. The second-order valence-electron chi connectivity index (χ2n) is 8.31. The standard InChI is InChI=1S/C26H20FN7OS/c1-2-5-20(35)30-15-10-14(11-28-12-15)23-22(27)21-18(13-29-23)33-34-25(21)26-31-17-7-3-6-16(24(17)32-26)19-8-4-9-36-19/h3-4,6-13H,2,5H2,1H3,(H,30,35)(H,31,32)(H,33,34). The van der Waals surface area contributed by atoms with Crippen LogP contribution in [0.25, 0.3) is 55.2 Å². The lowest BCUT2D eigenvalue weighted by Crippen LogP contribution is -2.10. The van der Waals surface area contributed by atoms with Crippen LogP contribution in [0.4, 0.5) is 10.1 Å². The van der Waals surface area contributed by atoms with Gasteiger partial charge in [0.25, 0.3) is 0 Å². The first kappa shape index (κ1) is 22.1. The Morgan fingerprint density at radius 3 is 2.86 bits per heavy atom. The monoisotopic (exact) mass is 497 g/mol. The van der Waals surface area contributed by atoms with E-state index in [0.29, 0.717) is 34.7 Å². The molecule has 0 saturated carbocycles. The molecular formula is C26H20FN7OS. The zero-order chi connectivity index (χ0) is 24.6. The van der Waals surface area contributed by atoms with Crippen molar-refractivity contribution in [1.29, 1.82) is 0 Å². The fraction of sp³-hybridized carbons (Fsp3) is 0.115. The number of hydrogen-bond acceptors (Lipinski definition) is 6. The van der Waals surface area contributed by atoms with E-state index in [-0.39, 0.29) is 17.0 Å². The number of aromatic nitrogens is 6. The molecule has 10 heteroatoms. The predicted octanol–water partition coefficient (Wildman–Crippen LogP) is 6.17. The molecule has 1 amide bonds. The lowest BCUT2D eigenvalue weighted by Gasteiger charge is -2.07. The Morgan fingerprint density at radius 1 is 1.11 bits per heavy atom. The Labute approximate surface area is 208 Å². The summed E-state index contributed by atoms with van der Waals surface area (Å²) in [5, 5.41) is 12.3. The number of rotatable bonds is 6. The van der Waals surface area contributed by atoms with Crippen LogP contribution >= 0.6 is 11.3 Å². The third kappa shape index (κ3) is 3.81. The first-order valence-electron chi connectivity index (χ1n) is 11.4. The molecule has 0 aliphatic carbocycles. The molecule has 0 atom stereocenters. The fourth-order valence-corrected chi connectivity index (χ4v) is 4.96. The van der Waals surface area contributed by atoms with Crippen LogP contribution in [0.2, 0.25) is 0 Å². The SMILES string of the molecule is CCCC(=O)Nc1cncc(-c2ncc3[nH]nc(-c4nc5c(-c6cccs6)cccc5[nH]4)c3c2F)c1. The van der Waals surface area contributed by atoms with Crippen molar-refractivity contribution in [3.05, 3.63) is 66.2 Å². The molecule has 0 bridgehead atoms. The molecule has 0 radical (unpaired) electrons. The quantitative estimate of drug-likeness (QED) is 0.255. The number of anilines is 1. The molecule has 0 aliphatic rings. The van der Waals surface area contributed by atoms with Crippen LogP contribution in [0.5, 0.6) is 0 Å². The van der Waals surface area contributed by atoms with Gasteiger partial charge in [-0.25, -0.2) is 9.37 Å². The Bertz CT molecular complexity index is 1720. The van der Waals surface area contributed by atoms with Crippen LogP contribution < -0.4 is 5.32 Å². The van der Waals surface area contributed by atoms with Gasteiger partial charge in [0, 0.05) is 28.6 Å². The van der Waals surface area contributed by atoms with Gasteiger partial charge in [-0.15, -0.1) is 11.3 Å². The molecule has 36 heavy (non-hydrogen) atoms. The van der Waals surface area contributed by atoms with E-state index in [1.54, 1.807) is 17.4 Å². The van der Waals surface area contributed by atoms with Crippen molar-refractivity contribution >= 4 is 44.9 Å². The number of fused-ring (bicyclic) bond motifs is 2. The van der Waals surface area contributed by atoms with Crippen molar-refractivity contribution in [3.8, 4) is 33.2 Å². The largest absolute Gasteiger partial charge is 0.337 e. The average molecular weight is 498 g/mol. The van der Waals surface area contributed by atoms with Gasteiger partial charge in [-0.3, -0.25) is 19.9 Å². The summed E-state index contributed by atoms with van der Waals surface area (Å²) in [7, 11) is 0. The van der Waals surface area contributed by atoms with Gasteiger partial charge >= 0.3 is 0 Å². The van der Waals surface area contributed by atoms with E-state index in [0.717, 1.165) is 27.9 Å². The number of hydrogen-bond donors (Lipinski definition) is 3. The molecule has 6 aromatic rings. The molecule has 0 spiro atoms. The average Bonchev–Trinajstić information content (AvgIpc) is 3.63. The fourth-order valence-electron chi connectivity index (χ4n) is 4.21. The minimum atomic E-state index is -0.547. The summed E-state index contributed by atoms with van der Waals surface area (Å²) in [6, 6.07) is 11.6. The highest BCUT2D eigenvalue weighted by atomic mass is 32.1. The molecular weight excluding hydrogens is 477 g/mol. The number of thiophene rings is 1. The van der Waals surface area contributed by atoms with Gasteiger partial charge in [-0.05, 0) is 30.0 Å². The van der Waals surface area contributed by atoms with Crippen LogP contribution in [0.3, 0.4) is 0 Å². The van der Waals surface area contributed by atoms with Crippen LogP contribution in [0.15, 0.2) is 60.4 Å². The zero-order valence-corrected chi connectivity index (χ0v) is 20.0. The summed E-state index contributed by atoms with van der Waals surface area (Å²) < 4.78 is 15.9. The Hall–Kier alpha value is -4.44. The van der Waals surface area contributed by atoms with E-state index in [1.165, 1.54) is 18.6 Å². The molecule has 0 unspecified atom stereocenters. The maximum Gasteiger partial charge on any atom is 0.224 e. The summed E-state index contributed by atoms with van der Waals surface area (Å²) in [6.45, 7) is 1.93. The normalized spacial score (nSPS) is 11.4. The Balaban J connectivity index is 1.44. The van der Waals surface area contributed by atoms with Gasteiger partial charge < -0.3 is 10.3 Å². The zero-order valence-electron chi connectivity index (χ0n) is 19.2.